The van der Waals surface area contributed by atoms with Crippen molar-refractivity contribution in [2.24, 2.45) is 11.8 Å². The van der Waals surface area contributed by atoms with Crippen molar-refractivity contribution in [1.29, 1.82) is 0 Å². The lowest BCUT2D eigenvalue weighted by Gasteiger charge is -2.52. The highest BCUT2D eigenvalue weighted by molar-refractivity contribution is 5.33. The zero-order chi connectivity index (χ0) is 18.9. The van der Waals surface area contributed by atoms with E-state index in [4.69, 9.17) is 0 Å². The first kappa shape index (κ1) is 18.0. The third kappa shape index (κ3) is 3.09. The minimum atomic E-state index is -0.923. The van der Waals surface area contributed by atoms with E-state index in [0.29, 0.717) is 0 Å². The largest absolute Gasteiger partial charge is 0.384 e. The monoisotopic (exact) mass is 357 g/mol. The highest BCUT2D eigenvalue weighted by atomic mass is 16.3. The summed E-state index contributed by atoms with van der Waals surface area (Å²) in [6.45, 7) is 4.32. The lowest BCUT2D eigenvalue weighted by molar-refractivity contribution is -0.118. The van der Waals surface area contributed by atoms with Crippen LogP contribution in [-0.4, -0.2) is 5.11 Å². The van der Waals surface area contributed by atoms with Crippen molar-refractivity contribution >= 4 is 0 Å². The molecular formula is C25H27NO. The van der Waals surface area contributed by atoms with Crippen LogP contribution in [0.4, 0.5) is 0 Å². The summed E-state index contributed by atoms with van der Waals surface area (Å²) in [5, 5.41) is 16.0. The third-order valence-electron chi connectivity index (χ3n) is 6.30. The van der Waals surface area contributed by atoms with Gasteiger partial charge in [0.25, 0.3) is 0 Å². The van der Waals surface area contributed by atoms with Gasteiger partial charge in [0, 0.05) is 23.9 Å². The van der Waals surface area contributed by atoms with E-state index < -0.39 is 5.60 Å². The molecule has 0 spiro atoms. The van der Waals surface area contributed by atoms with Crippen molar-refractivity contribution in [3.8, 4) is 0 Å². The van der Waals surface area contributed by atoms with Crippen molar-refractivity contribution in [3.63, 3.8) is 0 Å². The predicted octanol–water partition coefficient (Wildman–Crippen LogP) is 5.23. The highest BCUT2D eigenvalue weighted by Crippen LogP contribution is 2.51. The van der Waals surface area contributed by atoms with Gasteiger partial charge >= 0.3 is 0 Å². The Morgan fingerprint density at radius 3 is 1.41 bits per heavy atom. The summed E-state index contributed by atoms with van der Waals surface area (Å²) in [5.74, 6) is 0.0505. The van der Waals surface area contributed by atoms with Crippen molar-refractivity contribution in [2.45, 2.75) is 31.5 Å². The lowest BCUT2D eigenvalue weighted by atomic mass is 9.63. The Morgan fingerprint density at radius 1 is 0.630 bits per heavy atom. The van der Waals surface area contributed by atoms with Gasteiger partial charge in [0.2, 0.25) is 0 Å². The zero-order valence-electron chi connectivity index (χ0n) is 15.9. The summed E-state index contributed by atoms with van der Waals surface area (Å²) in [7, 11) is 0. The minimum absolute atomic E-state index is 0.0252. The van der Waals surface area contributed by atoms with Gasteiger partial charge in [-0.05, 0) is 16.7 Å². The summed E-state index contributed by atoms with van der Waals surface area (Å²) in [4.78, 5) is 0. The van der Waals surface area contributed by atoms with Gasteiger partial charge in [-0.25, -0.2) is 0 Å². The molecule has 138 valence electrons. The molecule has 1 aliphatic rings. The quantitative estimate of drug-likeness (QED) is 0.672. The van der Waals surface area contributed by atoms with Crippen LogP contribution in [0.25, 0.3) is 0 Å². The Morgan fingerprint density at radius 2 is 1.00 bits per heavy atom. The molecule has 0 aliphatic carbocycles. The van der Waals surface area contributed by atoms with E-state index in [9.17, 15) is 5.11 Å². The fourth-order valence-electron chi connectivity index (χ4n) is 4.73. The smallest absolute Gasteiger partial charge is 0.0983 e. The second-order valence-electron chi connectivity index (χ2n) is 7.71. The molecule has 0 aromatic heterocycles. The van der Waals surface area contributed by atoms with Crippen LogP contribution in [0.15, 0.2) is 91.0 Å². The van der Waals surface area contributed by atoms with Crippen molar-refractivity contribution < 1.29 is 5.11 Å². The van der Waals surface area contributed by atoms with Crippen LogP contribution in [0.1, 0.15) is 42.6 Å². The van der Waals surface area contributed by atoms with Gasteiger partial charge in [0.05, 0.1) is 5.60 Å². The number of aliphatic hydroxyl groups is 1. The highest BCUT2D eigenvalue weighted by Gasteiger charge is 2.52. The van der Waals surface area contributed by atoms with E-state index in [1.807, 2.05) is 30.3 Å². The molecule has 27 heavy (non-hydrogen) atoms. The van der Waals surface area contributed by atoms with Crippen LogP contribution in [0, 0.1) is 11.8 Å². The molecule has 2 nitrogen and oxygen atoms in total. The average molecular weight is 357 g/mol. The SMILES string of the molecule is C[C@H]1[C@@H](c2ccccc2)N[C@H](c2ccccc2)[C@H](C)C1(O)c1ccccc1. The molecule has 0 unspecified atom stereocenters. The van der Waals surface area contributed by atoms with Crippen LogP contribution in [0.5, 0.6) is 0 Å². The molecule has 0 radical (unpaired) electrons. The normalized spacial score (nSPS) is 30.8. The Bertz CT molecular complexity index is 811. The van der Waals surface area contributed by atoms with E-state index >= 15 is 0 Å². The molecular weight excluding hydrogens is 330 g/mol. The second kappa shape index (κ2) is 7.30. The number of piperidine rings is 1. The first-order chi connectivity index (χ1) is 13.1. The van der Waals surface area contributed by atoms with E-state index in [2.05, 4.69) is 79.8 Å². The summed E-state index contributed by atoms with van der Waals surface area (Å²) >= 11 is 0. The second-order valence-corrected chi connectivity index (χ2v) is 7.71. The standard InChI is InChI=1S/C25H27NO/c1-18-23(20-12-6-3-7-13-20)26-24(21-14-8-4-9-15-21)19(2)25(18,27)22-16-10-5-11-17-22/h3-19,23-24,26-27H,1-2H3/t18-,19-,23-,24-/m0/s1. The maximum Gasteiger partial charge on any atom is 0.0983 e. The van der Waals surface area contributed by atoms with Gasteiger partial charge < -0.3 is 10.4 Å². The Balaban J connectivity index is 1.84. The maximum atomic E-state index is 12.1. The van der Waals surface area contributed by atoms with Crippen LogP contribution in [0.3, 0.4) is 0 Å². The Kier molecular flexibility index (Phi) is 4.86. The summed E-state index contributed by atoms with van der Waals surface area (Å²) in [5.41, 5.74) is 2.50. The van der Waals surface area contributed by atoms with Crippen LogP contribution >= 0.6 is 0 Å². The van der Waals surface area contributed by atoms with E-state index in [0.717, 1.165) is 5.56 Å². The first-order valence-corrected chi connectivity index (χ1v) is 9.76. The Hall–Kier alpha value is -2.42. The first-order valence-electron chi connectivity index (χ1n) is 9.76. The predicted molar refractivity (Wildman–Crippen MR) is 110 cm³/mol. The fraction of sp³-hybridized carbons (Fsp3) is 0.280. The zero-order valence-corrected chi connectivity index (χ0v) is 15.9. The summed E-state index contributed by atoms with van der Waals surface area (Å²) in [6, 6.07) is 31.3. The van der Waals surface area contributed by atoms with E-state index in [-0.39, 0.29) is 23.9 Å². The molecule has 4 rings (SSSR count). The van der Waals surface area contributed by atoms with Crippen LogP contribution in [0.2, 0.25) is 0 Å². The lowest BCUT2D eigenvalue weighted by Crippen LogP contribution is -2.55. The molecule has 3 aromatic carbocycles. The van der Waals surface area contributed by atoms with E-state index in [1.54, 1.807) is 0 Å². The maximum absolute atomic E-state index is 12.1. The minimum Gasteiger partial charge on any atom is -0.384 e. The molecule has 0 bridgehead atoms. The fourth-order valence-corrected chi connectivity index (χ4v) is 4.73. The molecule has 1 fully saturated rings. The third-order valence-corrected chi connectivity index (χ3v) is 6.30. The number of benzene rings is 3. The molecule has 3 aromatic rings. The number of hydrogen-bond donors (Lipinski definition) is 2. The van der Waals surface area contributed by atoms with Crippen LogP contribution in [-0.2, 0) is 5.60 Å². The van der Waals surface area contributed by atoms with Crippen LogP contribution < -0.4 is 5.32 Å². The molecule has 2 N–H and O–H groups in total. The van der Waals surface area contributed by atoms with Gasteiger partial charge in [0.15, 0.2) is 0 Å². The van der Waals surface area contributed by atoms with E-state index in [1.165, 1.54) is 11.1 Å². The van der Waals surface area contributed by atoms with Crippen molar-refractivity contribution in [1.82, 2.24) is 5.32 Å². The summed E-state index contributed by atoms with van der Waals surface area (Å²) in [6.07, 6.45) is 0. The van der Waals surface area contributed by atoms with Crippen molar-refractivity contribution in [2.75, 3.05) is 0 Å². The van der Waals surface area contributed by atoms with Gasteiger partial charge in [0.1, 0.15) is 0 Å². The molecule has 1 saturated heterocycles. The Labute approximate surface area is 161 Å². The summed E-state index contributed by atoms with van der Waals surface area (Å²) < 4.78 is 0. The van der Waals surface area contributed by atoms with Crippen molar-refractivity contribution in [3.05, 3.63) is 108 Å². The number of nitrogens with one attached hydrogen (secondary N) is 1. The van der Waals surface area contributed by atoms with Gasteiger partial charge in [-0.2, -0.15) is 0 Å². The molecule has 1 heterocycles. The number of hydrogen-bond acceptors (Lipinski definition) is 2. The molecule has 0 saturated carbocycles. The van der Waals surface area contributed by atoms with Gasteiger partial charge in [-0.1, -0.05) is 105 Å². The average Bonchev–Trinajstić information content (AvgIpc) is 2.74. The molecule has 0 amide bonds. The van der Waals surface area contributed by atoms with Gasteiger partial charge in [-0.3, -0.25) is 0 Å². The topological polar surface area (TPSA) is 32.3 Å². The molecule has 2 heteroatoms. The number of rotatable bonds is 3. The van der Waals surface area contributed by atoms with Gasteiger partial charge in [-0.15, -0.1) is 0 Å². The molecule has 1 aliphatic heterocycles. The molecule has 4 atom stereocenters.